The Hall–Kier alpha value is -1.07. The van der Waals surface area contributed by atoms with Crippen molar-refractivity contribution in [1.82, 2.24) is 0 Å². The summed E-state index contributed by atoms with van der Waals surface area (Å²) in [6.45, 7) is 2.40. The molecule has 23 heavy (non-hydrogen) atoms. The summed E-state index contributed by atoms with van der Waals surface area (Å²) in [6, 6.07) is 13.5. The minimum atomic E-state index is -0.129. The van der Waals surface area contributed by atoms with Crippen LogP contribution in [0.15, 0.2) is 46.9 Å². The molecule has 0 aliphatic heterocycles. The van der Waals surface area contributed by atoms with Gasteiger partial charge in [-0.3, -0.25) is 4.79 Å². The maximum Gasteiger partial charge on any atom is 0.279 e. The molecule has 3 nitrogen and oxygen atoms in total. The molecule has 0 aromatic heterocycles. The highest BCUT2D eigenvalue weighted by molar-refractivity contribution is 9.10. The van der Waals surface area contributed by atoms with Crippen LogP contribution in [-0.4, -0.2) is 12.5 Å². The normalized spacial score (nSPS) is 12.0. The summed E-state index contributed by atoms with van der Waals surface area (Å²) in [5, 5.41) is 5.67. The quantitative estimate of drug-likeness (QED) is 0.719. The molecule has 122 valence electrons. The first-order valence-electron chi connectivity index (χ1n) is 7.34. The molecule has 1 amide bonds. The van der Waals surface area contributed by atoms with E-state index in [0.29, 0.717) is 22.3 Å². The van der Waals surface area contributed by atoms with Gasteiger partial charge in [-0.05, 0) is 24.3 Å². The van der Waals surface area contributed by atoms with Crippen LogP contribution >= 0.6 is 39.1 Å². The van der Waals surface area contributed by atoms with Crippen molar-refractivity contribution in [3.8, 4) is 0 Å². The third-order valence-corrected chi connectivity index (χ3v) is 4.71. The van der Waals surface area contributed by atoms with E-state index in [9.17, 15) is 4.79 Å². The van der Waals surface area contributed by atoms with E-state index in [1.807, 2.05) is 17.4 Å². The van der Waals surface area contributed by atoms with Crippen LogP contribution in [-0.2, 0) is 4.79 Å². The van der Waals surface area contributed by atoms with E-state index >= 15 is 0 Å². The largest absolute Gasteiger partial charge is 0.332 e. The number of hydrogen-bond acceptors (Lipinski definition) is 1. The van der Waals surface area contributed by atoms with Crippen LogP contribution in [0.25, 0.3) is 0 Å². The van der Waals surface area contributed by atoms with E-state index in [4.69, 9.17) is 23.2 Å². The van der Waals surface area contributed by atoms with Gasteiger partial charge in [-0.25, -0.2) is 0 Å². The molecule has 3 N–H and O–H groups in total. The zero-order chi connectivity index (χ0) is 16.8. The van der Waals surface area contributed by atoms with Crippen LogP contribution in [0.3, 0.4) is 0 Å². The second-order valence-electron chi connectivity index (χ2n) is 5.15. The Labute approximate surface area is 154 Å². The Morgan fingerprint density at radius 1 is 1.17 bits per heavy atom. The van der Waals surface area contributed by atoms with E-state index < -0.39 is 0 Å². The number of nitrogens with one attached hydrogen (secondary N) is 1. The van der Waals surface area contributed by atoms with Crippen LogP contribution in [0, 0.1) is 0 Å². The molecule has 0 heterocycles. The molecule has 0 fully saturated rings. The molecule has 0 unspecified atom stereocenters. The van der Waals surface area contributed by atoms with Crippen molar-refractivity contribution >= 4 is 50.7 Å². The number of rotatable bonds is 6. The van der Waals surface area contributed by atoms with Gasteiger partial charge in [-0.2, -0.15) is 0 Å². The number of carbonyl (C=O) groups is 1. The number of carbonyl (C=O) groups excluding carboxylic acids is 1. The van der Waals surface area contributed by atoms with Gasteiger partial charge in [0, 0.05) is 16.5 Å². The number of halogens is 3. The molecule has 6 heteroatoms. The molecule has 0 radical (unpaired) electrons. The van der Waals surface area contributed by atoms with Gasteiger partial charge < -0.3 is 10.6 Å². The zero-order valence-electron chi connectivity index (χ0n) is 12.7. The number of benzene rings is 2. The van der Waals surface area contributed by atoms with Crippen molar-refractivity contribution in [2.45, 2.75) is 19.4 Å². The Kier molecular flexibility index (Phi) is 6.90. The van der Waals surface area contributed by atoms with Gasteiger partial charge in [0.2, 0.25) is 0 Å². The minimum Gasteiger partial charge on any atom is -0.332 e. The smallest absolute Gasteiger partial charge is 0.279 e. The predicted molar refractivity (Wildman–Crippen MR) is 99.1 cm³/mol. The summed E-state index contributed by atoms with van der Waals surface area (Å²) in [5.74, 6) is -0.129. The van der Waals surface area contributed by atoms with Crippen molar-refractivity contribution in [2.75, 3.05) is 11.9 Å². The maximum absolute atomic E-state index is 12.2. The van der Waals surface area contributed by atoms with Crippen LogP contribution in [0.5, 0.6) is 0 Å². The fourth-order valence-corrected chi connectivity index (χ4v) is 3.06. The van der Waals surface area contributed by atoms with Gasteiger partial charge in [0.15, 0.2) is 6.54 Å². The van der Waals surface area contributed by atoms with Crippen LogP contribution in [0.2, 0.25) is 10.0 Å². The molecular weight excluding hydrogens is 399 g/mol. The first-order valence-corrected chi connectivity index (χ1v) is 8.88. The molecule has 2 aromatic rings. The monoisotopic (exact) mass is 415 g/mol. The second kappa shape index (κ2) is 8.69. The average molecular weight is 417 g/mol. The fraction of sp³-hybridized carbons (Fsp3) is 0.235. The molecule has 0 saturated carbocycles. The highest BCUT2D eigenvalue weighted by atomic mass is 79.9. The summed E-state index contributed by atoms with van der Waals surface area (Å²) < 4.78 is 1.04. The van der Waals surface area contributed by atoms with Crippen molar-refractivity contribution in [2.24, 2.45) is 0 Å². The molecule has 2 rings (SSSR count). The van der Waals surface area contributed by atoms with Crippen LogP contribution in [0.1, 0.15) is 24.9 Å². The Balaban J connectivity index is 1.96. The highest BCUT2D eigenvalue weighted by Gasteiger charge is 2.16. The minimum absolute atomic E-state index is 0.129. The van der Waals surface area contributed by atoms with Crippen LogP contribution < -0.4 is 10.6 Å². The lowest BCUT2D eigenvalue weighted by atomic mass is 10.0. The van der Waals surface area contributed by atoms with Gasteiger partial charge in [0.05, 0.1) is 15.7 Å². The summed E-state index contributed by atoms with van der Waals surface area (Å²) in [4.78, 5) is 12.2. The van der Waals surface area contributed by atoms with Crippen LogP contribution in [0.4, 0.5) is 5.69 Å². The van der Waals surface area contributed by atoms with Gasteiger partial charge in [0.25, 0.3) is 5.91 Å². The van der Waals surface area contributed by atoms with Gasteiger partial charge >= 0.3 is 0 Å². The van der Waals surface area contributed by atoms with Gasteiger partial charge in [-0.15, -0.1) is 0 Å². The van der Waals surface area contributed by atoms with E-state index in [2.05, 4.69) is 40.3 Å². The first kappa shape index (κ1) is 18.3. The lowest BCUT2D eigenvalue weighted by Crippen LogP contribution is -2.87. The van der Waals surface area contributed by atoms with E-state index in [0.717, 1.165) is 10.9 Å². The third kappa shape index (κ3) is 5.21. The number of anilines is 1. The number of para-hydroxylation sites is 1. The molecule has 0 saturated heterocycles. The Bertz CT molecular complexity index is 657. The predicted octanol–water partition coefficient (Wildman–Crippen LogP) is 4.41. The van der Waals surface area contributed by atoms with Crippen molar-refractivity contribution in [3.05, 3.63) is 62.5 Å². The van der Waals surface area contributed by atoms with Crippen molar-refractivity contribution in [3.63, 3.8) is 0 Å². The molecular formula is C17H18BrCl2N2O+. The van der Waals surface area contributed by atoms with E-state index in [1.54, 1.807) is 18.2 Å². The van der Waals surface area contributed by atoms with Gasteiger partial charge in [-0.1, -0.05) is 64.3 Å². The summed E-state index contributed by atoms with van der Waals surface area (Å²) in [7, 11) is 0. The zero-order valence-corrected chi connectivity index (χ0v) is 15.8. The standard InChI is InChI=1S/C17H17BrCl2N2O/c1-2-15(11-6-8-12(18)9-7-11)21-10-16(23)22-17-13(19)4-3-5-14(17)20/h3-9,15,21H,2,10H2,1H3,(H,22,23)/p+1/t15-/m1/s1. The Morgan fingerprint density at radius 3 is 2.35 bits per heavy atom. The number of nitrogens with two attached hydrogens (primary N) is 1. The molecule has 0 aliphatic carbocycles. The SMILES string of the molecule is CC[C@@H]([NH2+]CC(=O)Nc1c(Cl)cccc1Cl)c1ccc(Br)cc1. The number of amides is 1. The van der Waals surface area contributed by atoms with Crippen molar-refractivity contribution < 1.29 is 10.1 Å². The lowest BCUT2D eigenvalue weighted by Gasteiger charge is -2.15. The fourth-order valence-electron chi connectivity index (χ4n) is 2.31. The van der Waals surface area contributed by atoms with E-state index in [-0.39, 0.29) is 11.9 Å². The van der Waals surface area contributed by atoms with E-state index in [1.165, 1.54) is 5.56 Å². The second-order valence-corrected chi connectivity index (χ2v) is 6.88. The summed E-state index contributed by atoms with van der Waals surface area (Å²) >= 11 is 15.6. The number of hydrogen-bond donors (Lipinski definition) is 2. The van der Waals surface area contributed by atoms with Gasteiger partial charge in [0.1, 0.15) is 6.04 Å². The first-order chi connectivity index (χ1) is 11.0. The third-order valence-electron chi connectivity index (χ3n) is 3.55. The molecule has 0 aliphatic rings. The highest BCUT2D eigenvalue weighted by Crippen LogP contribution is 2.29. The topological polar surface area (TPSA) is 45.7 Å². The molecule has 0 spiro atoms. The maximum atomic E-state index is 12.2. The van der Waals surface area contributed by atoms with Crippen molar-refractivity contribution in [1.29, 1.82) is 0 Å². The molecule has 0 bridgehead atoms. The molecule has 2 aromatic carbocycles. The average Bonchev–Trinajstić information content (AvgIpc) is 2.53. The lowest BCUT2D eigenvalue weighted by molar-refractivity contribution is -0.686. The number of quaternary nitrogens is 1. The summed E-state index contributed by atoms with van der Waals surface area (Å²) in [5.41, 5.74) is 1.66. The Morgan fingerprint density at radius 2 is 1.78 bits per heavy atom. The molecule has 1 atom stereocenters. The summed E-state index contributed by atoms with van der Waals surface area (Å²) in [6.07, 6.45) is 0.932.